The molecule has 1 aliphatic rings. The van der Waals surface area contributed by atoms with Gasteiger partial charge in [0.1, 0.15) is 0 Å². The van der Waals surface area contributed by atoms with Gasteiger partial charge in [0.05, 0.1) is 5.71 Å². The molecule has 1 aliphatic heterocycles. The fourth-order valence-electron chi connectivity index (χ4n) is 3.99. The van der Waals surface area contributed by atoms with Crippen molar-refractivity contribution in [1.82, 2.24) is 0 Å². The third-order valence-electron chi connectivity index (χ3n) is 5.68. The van der Waals surface area contributed by atoms with E-state index in [9.17, 15) is 10.0 Å². The minimum absolute atomic E-state index is 0.117. The Labute approximate surface area is 173 Å². The second-order valence-corrected chi connectivity index (χ2v) is 8.42. The zero-order valence-corrected chi connectivity index (χ0v) is 18.0. The molecule has 0 aromatic heterocycles. The SMILES string of the molecule is COCCCN1C(=O)CC(C)(C)c2cc(-c3ccc(C)cc3)c(C(C)=NO)cc21. The maximum absolute atomic E-state index is 12.9. The van der Waals surface area contributed by atoms with Crippen molar-refractivity contribution in [3.63, 3.8) is 0 Å². The Hall–Kier alpha value is -2.66. The summed E-state index contributed by atoms with van der Waals surface area (Å²) >= 11 is 0. The highest BCUT2D eigenvalue weighted by Crippen LogP contribution is 2.44. The average Bonchev–Trinajstić information content (AvgIpc) is 2.69. The first-order valence-electron chi connectivity index (χ1n) is 10.0. The molecule has 154 valence electrons. The van der Waals surface area contributed by atoms with Crippen molar-refractivity contribution in [3.05, 3.63) is 53.1 Å². The number of oxime groups is 1. The highest BCUT2D eigenvalue weighted by molar-refractivity contribution is 6.07. The molecule has 2 aromatic carbocycles. The summed E-state index contributed by atoms with van der Waals surface area (Å²) in [5.74, 6) is 0.117. The molecule has 0 unspecified atom stereocenters. The second-order valence-electron chi connectivity index (χ2n) is 8.42. The van der Waals surface area contributed by atoms with Gasteiger partial charge < -0.3 is 14.8 Å². The summed E-state index contributed by atoms with van der Waals surface area (Å²) < 4.78 is 5.17. The van der Waals surface area contributed by atoms with Crippen LogP contribution in [0.5, 0.6) is 0 Å². The first-order valence-corrected chi connectivity index (χ1v) is 10.0. The van der Waals surface area contributed by atoms with Crippen LogP contribution in [0, 0.1) is 6.92 Å². The first kappa shape index (κ1) is 21.1. The maximum atomic E-state index is 12.9. The maximum Gasteiger partial charge on any atom is 0.227 e. The summed E-state index contributed by atoms with van der Waals surface area (Å²) in [5.41, 5.74) is 6.39. The molecule has 1 N–H and O–H groups in total. The summed E-state index contributed by atoms with van der Waals surface area (Å²) in [4.78, 5) is 14.8. The number of fused-ring (bicyclic) bond motifs is 1. The molecule has 0 saturated heterocycles. The molecule has 1 heterocycles. The quantitative estimate of drug-likeness (QED) is 0.328. The molecule has 5 nitrogen and oxygen atoms in total. The molecule has 1 amide bonds. The summed E-state index contributed by atoms with van der Waals surface area (Å²) in [6.07, 6.45) is 1.23. The van der Waals surface area contributed by atoms with Gasteiger partial charge in [0.2, 0.25) is 5.91 Å². The van der Waals surface area contributed by atoms with Crippen LogP contribution in [-0.2, 0) is 14.9 Å². The lowest BCUT2D eigenvalue weighted by molar-refractivity contribution is -0.120. The Kier molecular flexibility index (Phi) is 6.08. The van der Waals surface area contributed by atoms with Gasteiger partial charge in [0.15, 0.2) is 0 Å². The number of benzene rings is 2. The third-order valence-corrected chi connectivity index (χ3v) is 5.68. The van der Waals surface area contributed by atoms with Crippen LogP contribution in [0.4, 0.5) is 5.69 Å². The van der Waals surface area contributed by atoms with Gasteiger partial charge in [-0.25, -0.2) is 0 Å². The molecule has 0 spiro atoms. The van der Waals surface area contributed by atoms with Crippen LogP contribution in [0.3, 0.4) is 0 Å². The standard InChI is InChI=1S/C24H30N2O3/c1-16-7-9-18(10-8-16)20-13-21-22(14-19(20)17(2)25-28)26(11-6-12-29-5)23(27)15-24(21,3)4/h7-10,13-14,28H,6,11-12,15H2,1-5H3. The number of carbonyl (C=O) groups excluding carboxylic acids is 1. The van der Waals surface area contributed by atoms with Gasteiger partial charge in [-0.05, 0) is 49.1 Å². The minimum atomic E-state index is -0.271. The van der Waals surface area contributed by atoms with Crippen molar-refractivity contribution >= 4 is 17.3 Å². The zero-order chi connectivity index (χ0) is 21.2. The molecule has 0 fully saturated rings. The Morgan fingerprint density at radius 1 is 1.24 bits per heavy atom. The number of aryl methyl sites for hydroxylation is 1. The van der Waals surface area contributed by atoms with Crippen molar-refractivity contribution in [3.8, 4) is 11.1 Å². The number of nitrogens with zero attached hydrogens (tertiary/aromatic N) is 2. The number of ether oxygens (including phenoxy) is 1. The van der Waals surface area contributed by atoms with Crippen LogP contribution in [-0.4, -0.2) is 37.1 Å². The predicted octanol–water partition coefficient (Wildman–Crippen LogP) is 4.91. The average molecular weight is 395 g/mol. The lowest BCUT2D eigenvalue weighted by Gasteiger charge is -2.39. The summed E-state index contributed by atoms with van der Waals surface area (Å²) in [5, 5.41) is 13.0. The van der Waals surface area contributed by atoms with E-state index in [0.29, 0.717) is 25.3 Å². The van der Waals surface area contributed by atoms with Gasteiger partial charge in [-0.2, -0.15) is 0 Å². The molecule has 0 bridgehead atoms. The number of rotatable bonds is 6. The van der Waals surface area contributed by atoms with E-state index in [0.717, 1.165) is 34.4 Å². The van der Waals surface area contributed by atoms with Crippen LogP contribution < -0.4 is 4.90 Å². The van der Waals surface area contributed by atoms with Crippen LogP contribution in [0.15, 0.2) is 41.6 Å². The molecule has 29 heavy (non-hydrogen) atoms. The van der Waals surface area contributed by atoms with E-state index in [1.807, 2.05) is 11.0 Å². The van der Waals surface area contributed by atoms with Crippen molar-refractivity contribution in [2.24, 2.45) is 5.16 Å². The van der Waals surface area contributed by atoms with Crippen molar-refractivity contribution in [2.75, 3.05) is 25.2 Å². The van der Waals surface area contributed by atoms with Crippen molar-refractivity contribution < 1.29 is 14.7 Å². The first-order chi connectivity index (χ1) is 13.8. The second kappa shape index (κ2) is 8.37. The van der Waals surface area contributed by atoms with E-state index in [2.05, 4.69) is 56.3 Å². The summed E-state index contributed by atoms with van der Waals surface area (Å²) in [6, 6.07) is 12.5. The number of hydrogen-bond donors (Lipinski definition) is 1. The van der Waals surface area contributed by atoms with Crippen LogP contribution >= 0.6 is 0 Å². The summed E-state index contributed by atoms with van der Waals surface area (Å²) in [7, 11) is 1.67. The monoisotopic (exact) mass is 394 g/mol. The zero-order valence-electron chi connectivity index (χ0n) is 18.0. The molecule has 0 radical (unpaired) electrons. The topological polar surface area (TPSA) is 62.1 Å². The lowest BCUT2D eigenvalue weighted by Crippen LogP contribution is -2.42. The van der Waals surface area contributed by atoms with Gasteiger partial charge in [0.25, 0.3) is 0 Å². The van der Waals surface area contributed by atoms with Crippen LogP contribution in [0.2, 0.25) is 0 Å². The van der Waals surface area contributed by atoms with E-state index in [-0.39, 0.29) is 11.3 Å². The number of carbonyl (C=O) groups is 1. The van der Waals surface area contributed by atoms with E-state index in [1.54, 1.807) is 14.0 Å². The Bertz CT molecular complexity index is 930. The number of amides is 1. The number of anilines is 1. The van der Waals surface area contributed by atoms with E-state index < -0.39 is 0 Å². The fraction of sp³-hybridized carbons (Fsp3) is 0.417. The number of hydrogen-bond acceptors (Lipinski definition) is 4. The van der Waals surface area contributed by atoms with E-state index >= 15 is 0 Å². The van der Waals surface area contributed by atoms with Gasteiger partial charge in [-0.1, -0.05) is 48.8 Å². The van der Waals surface area contributed by atoms with Crippen molar-refractivity contribution in [1.29, 1.82) is 0 Å². The lowest BCUT2D eigenvalue weighted by atomic mass is 9.75. The largest absolute Gasteiger partial charge is 0.411 e. The molecule has 0 aliphatic carbocycles. The van der Waals surface area contributed by atoms with Gasteiger partial charge in [-0.3, -0.25) is 4.79 Å². The molecule has 0 saturated carbocycles. The van der Waals surface area contributed by atoms with Crippen LogP contribution in [0.25, 0.3) is 11.1 Å². The highest BCUT2D eigenvalue weighted by atomic mass is 16.5. The Morgan fingerprint density at radius 2 is 1.93 bits per heavy atom. The van der Waals surface area contributed by atoms with Crippen molar-refractivity contribution in [2.45, 2.75) is 46.0 Å². The smallest absolute Gasteiger partial charge is 0.227 e. The summed E-state index contributed by atoms with van der Waals surface area (Å²) in [6.45, 7) is 9.28. The highest BCUT2D eigenvalue weighted by Gasteiger charge is 2.37. The molecule has 5 heteroatoms. The van der Waals surface area contributed by atoms with Crippen LogP contribution in [0.1, 0.15) is 50.3 Å². The molecular weight excluding hydrogens is 364 g/mol. The molecule has 0 atom stereocenters. The minimum Gasteiger partial charge on any atom is -0.411 e. The van der Waals surface area contributed by atoms with Gasteiger partial charge in [-0.15, -0.1) is 0 Å². The molecule has 3 rings (SSSR count). The normalized spacial score (nSPS) is 16.1. The predicted molar refractivity (Wildman–Crippen MR) is 117 cm³/mol. The van der Waals surface area contributed by atoms with E-state index in [4.69, 9.17) is 4.74 Å². The van der Waals surface area contributed by atoms with Gasteiger partial charge in [0, 0.05) is 43.3 Å². The van der Waals surface area contributed by atoms with Gasteiger partial charge >= 0.3 is 0 Å². The van der Waals surface area contributed by atoms with E-state index in [1.165, 1.54) is 5.56 Å². The Balaban J connectivity index is 2.21. The Morgan fingerprint density at radius 3 is 2.55 bits per heavy atom. The molecule has 2 aromatic rings. The fourth-order valence-corrected chi connectivity index (χ4v) is 3.99. The third kappa shape index (κ3) is 4.20. The number of methoxy groups -OCH3 is 1. The molecular formula is C24H30N2O3.